The van der Waals surface area contributed by atoms with Crippen molar-refractivity contribution in [3.63, 3.8) is 0 Å². The van der Waals surface area contributed by atoms with Crippen LogP contribution in [0.1, 0.15) is 23.6 Å². The molecule has 2 N–H and O–H groups in total. The zero-order valence-electron chi connectivity index (χ0n) is 8.66. The molecule has 0 aromatic heterocycles. The third kappa shape index (κ3) is 2.13. The van der Waals surface area contributed by atoms with E-state index in [-0.39, 0.29) is 4.90 Å². The van der Waals surface area contributed by atoms with Crippen molar-refractivity contribution in [3.8, 4) is 0 Å². The summed E-state index contributed by atoms with van der Waals surface area (Å²) in [4.78, 5) is 0.283. The Morgan fingerprint density at radius 2 is 1.86 bits per heavy atom. The molecule has 0 saturated heterocycles. The fourth-order valence-corrected chi connectivity index (χ4v) is 2.79. The van der Waals surface area contributed by atoms with E-state index in [1.807, 2.05) is 26.0 Å². The Kier molecular flexibility index (Phi) is 2.97. The number of hydrogen-bond donors (Lipinski definition) is 1. The quantitative estimate of drug-likeness (QED) is 0.809. The highest BCUT2D eigenvalue weighted by atomic mass is 32.2. The van der Waals surface area contributed by atoms with Crippen molar-refractivity contribution in [1.29, 1.82) is 0 Å². The van der Waals surface area contributed by atoms with E-state index in [0.717, 1.165) is 16.7 Å². The predicted molar refractivity (Wildman–Crippen MR) is 56.7 cm³/mol. The van der Waals surface area contributed by atoms with Gasteiger partial charge in [-0.3, -0.25) is 0 Å². The minimum atomic E-state index is -3.59. The average Bonchev–Trinajstić information content (AvgIpc) is 1.99. The maximum atomic E-state index is 11.3. The number of sulfonamides is 1. The van der Waals surface area contributed by atoms with Crippen LogP contribution in [0.2, 0.25) is 0 Å². The van der Waals surface area contributed by atoms with Crippen molar-refractivity contribution in [2.45, 2.75) is 32.1 Å². The molecule has 0 atom stereocenters. The highest BCUT2D eigenvalue weighted by Crippen LogP contribution is 2.21. The van der Waals surface area contributed by atoms with E-state index in [1.165, 1.54) is 0 Å². The number of aryl methyl sites for hydroxylation is 3. The van der Waals surface area contributed by atoms with Crippen LogP contribution in [0, 0.1) is 13.8 Å². The van der Waals surface area contributed by atoms with Crippen LogP contribution in [0.3, 0.4) is 0 Å². The third-order valence-electron chi connectivity index (χ3n) is 2.16. The fourth-order valence-electron chi connectivity index (χ4n) is 1.71. The van der Waals surface area contributed by atoms with Crippen LogP contribution >= 0.6 is 0 Å². The van der Waals surface area contributed by atoms with Crippen LogP contribution in [0.4, 0.5) is 0 Å². The lowest BCUT2D eigenvalue weighted by atomic mass is 10.1. The molecule has 0 aliphatic rings. The maximum absolute atomic E-state index is 11.3. The van der Waals surface area contributed by atoms with Crippen molar-refractivity contribution in [3.05, 3.63) is 28.8 Å². The van der Waals surface area contributed by atoms with Crippen molar-refractivity contribution in [2.24, 2.45) is 5.14 Å². The van der Waals surface area contributed by atoms with Crippen LogP contribution < -0.4 is 5.14 Å². The summed E-state index contributed by atoms with van der Waals surface area (Å²) in [7, 11) is -3.59. The molecule has 0 bridgehead atoms. The standard InChI is InChI=1S/C10H15NO2S/c1-4-9-6-7(2)5-8(3)10(9)14(11,12)13/h5-6H,4H2,1-3H3,(H2,11,12,13). The second-order valence-electron chi connectivity index (χ2n) is 3.47. The number of benzene rings is 1. The van der Waals surface area contributed by atoms with Crippen molar-refractivity contribution in [2.75, 3.05) is 0 Å². The van der Waals surface area contributed by atoms with Gasteiger partial charge in [0.05, 0.1) is 4.90 Å². The van der Waals surface area contributed by atoms with Gasteiger partial charge in [0.1, 0.15) is 0 Å². The van der Waals surface area contributed by atoms with E-state index in [4.69, 9.17) is 5.14 Å². The molecule has 0 heterocycles. The Hall–Kier alpha value is -0.870. The van der Waals surface area contributed by atoms with Gasteiger partial charge in [-0.1, -0.05) is 24.6 Å². The van der Waals surface area contributed by atoms with Crippen molar-refractivity contribution in [1.82, 2.24) is 0 Å². The summed E-state index contributed by atoms with van der Waals surface area (Å²) in [5.41, 5.74) is 2.58. The number of rotatable bonds is 2. The Labute approximate surface area is 85.0 Å². The molecular weight excluding hydrogens is 198 g/mol. The second kappa shape index (κ2) is 3.71. The summed E-state index contributed by atoms with van der Waals surface area (Å²) in [6.45, 7) is 5.63. The molecule has 0 spiro atoms. The lowest BCUT2D eigenvalue weighted by Gasteiger charge is -2.10. The molecule has 1 aromatic carbocycles. The first kappa shape index (κ1) is 11.2. The summed E-state index contributed by atoms with van der Waals surface area (Å²) in [5.74, 6) is 0. The molecule has 14 heavy (non-hydrogen) atoms. The number of nitrogens with two attached hydrogens (primary N) is 1. The van der Waals surface area contributed by atoms with Gasteiger partial charge >= 0.3 is 0 Å². The summed E-state index contributed by atoms with van der Waals surface area (Å²) in [6, 6.07) is 3.70. The molecule has 78 valence electrons. The first-order valence-corrected chi connectivity index (χ1v) is 6.03. The highest BCUT2D eigenvalue weighted by molar-refractivity contribution is 7.89. The van der Waals surface area contributed by atoms with Gasteiger partial charge in [0.2, 0.25) is 10.0 Å². The number of hydrogen-bond acceptors (Lipinski definition) is 2. The highest BCUT2D eigenvalue weighted by Gasteiger charge is 2.16. The Morgan fingerprint density at radius 3 is 2.29 bits per heavy atom. The third-order valence-corrected chi connectivity index (χ3v) is 3.31. The topological polar surface area (TPSA) is 60.2 Å². The molecule has 0 radical (unpaired) electrons. The first-order chi connectivity index (χ1) is 6.36. The first-order valence-electron chi connectivity index (χ1n) is 4.49. The minimum Gasteiger partial charge on any atom is -0.225 e. The molecule has 0 aliphatic carbocycles. The molecule has 0 saturated carbocycles. The molecule has 1 aromatic rings. The molecule has 0 unspecified atom stereocenters. The molecule has 4 heteroatoms. The van der Waals surface area contributed by atoms with Gasteiger partial charge in [-0.25, -0.2) is 13.6 Å². The van der Waals surface area contributed by atoms with Gasteiger partial charge in [0, 0.05) is 0 Å². The largest absolute Gasteiger partial charge is 0.238 e. The van der Waals surface area contributed by atoms with E-state index in [2.05, 4.69) is 0 Å². The van der Waals surface area contributed by atoms with Crippen LogP contribution in [0.25, 0.3) is 0 Å². The van der Waals surface area contributed by atoms with Gasteiger partial charge in [0.15, 0.2) is 0 Å². The SMILES string of the molecule is CCc1cc(C)cc(C)c1S(N)(=O)=O. The number of primary sulfonamides is 1. The van der Waals surface area contributed by atoms with E-state index < -0.39 is 10.0 Å². The second-order valence-corrected chi connectivity index (χ2v) is 4.97. The maximum Gasteiger partial charge on any atom is 0.238 e. The van der Waals surface area contributed by atoms with Gasteiger partial charge in [-0.15, -0.1) is 0 Å². The van der Waals surface area contributed by atoms with Gasteiger partial charge in [0.25, 0.3) is 0 Å². The van der Waals surface area contributed by atoms with Crippen LogP contribution in [-0.2, 0) is 16.4 Å². The summed E-state index contributed by atoms with van der Waals surface area (Å²) < 4.78 is 22.6. The van der Waals surface area contributed by atoms with Crippen LogP contribution in [0.15, 0.2) is 17.0 Å². The fraction of sp³-hybridized carbons (Fsp3) is 0.400. The minimum absolute atomic E-state index is 0.283. The molecule has 0 amide bonds. The Morgan fingerprint density at radius 1 is 1.29 bits per heavy atom. The Balaban J connectivity index is 3.57. The van der Waals surface area contributed by atoms with E-state index in [0.29, 0.717) is 6.42 Å². The zero-order chi connectivity index (χ0) is 10.9. The lowest BCUT2D eigenvalue weighted by molar-refractivity contribution is 0.596. The van der Waals surface area contributed by atoms with Gasteiger partial charge < -0.3 is 0 Å². The monoisotopic (exact) mass is 213 g/mol. The average molecular weight is 213 g/mol. The van der Waals surface area contributed by atoms with Crippen LogP contribution in [0.5, 0.6) is 0 Å². The zero-order valence-corrected chi connectivity index (χ0v) is 9.48. The normalized spacial score (nSPS) is 11.7. The van der Waals surface area contributed by atoms with Gasteiger partial charge in [-0.2, -0.15) is 0 Å². The lowest BCUT2D eigenvalue weighted by Crippen LogP contribution is -2.16. The summed E-state index contributed by atoms with van der Waals surface area (Å²) in [5, 5.41) is 5.16. The molecule has 0 fully saturated rings. The predicted octanol–water partition coefficient (Wildman–Crippen LogP) is 1.51. The van der Waals surface area contributed by atoms with Gasteiger partial charge in [-0.05, 0) is 31.4 Å². The molecule has 3 nitrogen and oxygen atoms in total. The van der Waals surface area contributed by atoms with E-state index in [1.54, 1.807) is 6.92 Å². The van der Waals surface area contributed by atoms with Crippen LogP contribution in [-0.4, -0.2) is 8.42 Å². The smallest absolute Gasteiger partial charge is 0.225 e. The van der Waals surface area contributed by atoms with Crippen molar-refractivity contribution < 1.29 is 8.42 Å². The van der Waals surface area contributed by atoms with Crippen molar-refractivity contribution >= 4 is 10.0 Å². The Bertz CT molecular complexity index is 449. The summed E-state index contributed by atoms with van der Waals surface area (Å²) in [6.07, 6.45) is 0.675. The van der Waals surface area contributed by atoms with E-state index in [9.17, 15) is 8.42 Å². The molecular formula is C10H15NO2S. The van der Waals surface area contributed by atoms with E-state index >= 15 is 0 Å². The molecule has 1 rings (SSSR count). The molecule has 0 aliphatic heterocycles. The summed E-state index contributed by atoms with van der Waals surface area (Å²) >= 11 is 0.